The molecule has 64 valence electrons. The number of nitrogens with zero attached hydrogens (tertiary/aromatic N) is 1. The predicted molar refractivity (Wildman–Crippen MR) is 43.0 cm³/mol. The van der Waals surface area contributed by atoms with Crippen LogP contribution in [0, 0.1) is 0 Å². The first-order chi connectivity index (χ1) is 5.02. The quantitative estimate of drug-likeness (QED) is 0.531. The lowest BCUT2D eigenvalue weighted by molar-refractivity contribution is 0.125. The van der Waals surface area contributed by atoms with Gasteiger partial charge in [-0.2, -0.15) is 0 Å². The van der Waals surface area contributed by atoms with Crippen molar-refractivity contribution >= 4 is 6.03 Å². The van der Waals surface area contributed by atoms with E-state index in [0.717, 1.165) is 13.1 Å². The topological polar surface area (TPSA) is 44.4 Å². The van der Waals surface area contributed by atoms with E-state index in [9.17, 15) is 4.79 Å². The molecule has 0 aromatic rings. The molecule has 4 heteroatoms. The van der Waals surface area contributed by atoms with Crippen LogP contribution in [0.1, 0.15) is 20.8 Å². The van der Waals surface area contributed by atoms with Crippen LogP contribution in [-0.2, 0) is 0 Å². The average Bonchev–Trinajstić information content (AvgIpc) is 1.86. The molecule has 4 nitrogen and oxygen atoms in total. The predicted octanol–water partition coefficient (Wildman–Crippen LogP) is 0.315. The highest BCUT2D eigenvalue weighted by Gasteiger charge is 2.27. The molecule has 1 fully saturated rings. The summed E-state index contributed by atoms with van der Waals surface area (Å²) in [5.74, 6) is 0. The summed E-state index contributed by atoms with van der Waals surface area (Å²) in [6.07, 6.45) is 0. The monoisotopic (exact) mass is 157 g/mol. The van der Waals surface area contributed by atoms with Crippen LogP contribution in [0.3, 0.4) is 0 Å². The molecule has 0 aromatic carbocycles. The van der Waals surface area contributed by atoms with E-state index < -0.39 is 0 Å². The van der Waals surface area contributed by atoms with Gasteiger partial charge in [-0.1, -0.05) is 0 Å². The summed E-state index contributed by atoms with van der Waals surface area (Å²) in [7, 11) is 0. The van der Waals surface area contributed by atoms with Crippen LogP contribution in [-0.4, -0.2) is 29.6 Å². The van der Waals surface area contributed by atoms with Crippen LogP contribution in [0.25, 0.3) is 0 Å². The van der Waals surface area contributed by atoms with Gasteiger partial charge < -0.3 is 4.90 Å². The molecule has 0 atom stereocenters. The van der Waals surface area contributed by atoms with E-state index in [4.69, 9.17) is 0 Å². The Hall–Kier alpha value is -0.770. The van der Waals surface area contributed by atoms with Crippen molar-refractivity contribution in [3.63, 3.8) is 0 Å². The van der Waals surface area contributed by atoms with E-state index in [0.29, 0.717) is 0 Å². The van der Waals surface area contributed by atoms with Crippen molar-refractivity contribution in [1.29, 1.82) is 0 Å². The zero-order chi connectivity index (χ0) is 8.48. The highest BCUT2D eigenvalue weighted by atomic mass is 16.2. The zero-order valence-electron chi connectivity index (χ0n) is 7.27. The molecule has 1 aliphatic heterocycles. The molecule has 1 aliphatic rings. The zero-order valence-corrected chi connectivity index (χ0v) is 7.27. The van der Waals surface area contributed by atoms with Gasteiger partial charge in [-0.05, 0) is 20.8 Å². The fraction of sp³-hybridized carbons (Fsp3) is 0.857. The number of carbonyl (C=O) groups excluding carboxylic acids is 1. The molecule has 0 radical (unpaired) electrons. The van der Waals surface area contributed by atoms with Crippen LogP contribution in [0.4, 0.5) is 4.79 Å². The molecule has 0 unspecified atom stereocenters. The largest absolute Gasteiger partial charge is 0.332 e. The first-order valence-corrected chi connectivity index (χ1v) is 3.82. The van der Waals surface area contributed by atoms with Crippen molar-refractivity contribution in [3.8, 4) is 0 Å². The molecule has 0 aliphatic carbocycles. The third-order valence-electron chi connectivity index (χ3n) is 1.71. The maximum Gasteiger partial charge on any atom is 0.332 e. The summed E-state index contributed by atoms with van der Waals surface area (Å²) >= 11 is 0. The van der Waals surface area contributed by atoms with Gasteiger partial charge in [0.05, 0.1) is 0 Å². The van der Waals surface area contributed by atoms with Crippen molar-refractivity contribution in [2.45, 2.75) is 26.3 Å². The molecule has 1 rings (SSSR count). The number of hydrogen-bond donors (Lipinski definition) is 2. The highest BCUT2D eigenvalue weighted by molar-refractivity contribution is 5.75. The van der Waals surface area contributed by atoms with E-state index >= 15 is 0 Å². The first kappa shape index (κ1) is 8.33. The van der Waals surface area contributed by atoms with Crippen LogP contribution in [0.15, 0.2) is 0 Å². The fourth-order valence-corrected chi connectivity index (χ4v) is 1.11. The third kappa shape index (κ3) is 1.83. The Balaban J connectivity index is 2.62. The highest BCUT2D eigenvalue weighted by Crippen LogP contribution is 2.13. The van der Waals surface area contributed by atoms with Gasteiger partial charge in [0.15, 0.2) is 0 Å². The second kappa shape index (κ2) is 2.70. The standard InChI is InChI=1S/C7H15N3O/c1-7(2,3)10-5-4-8-9-6(10)11/h8H,4-5H2,1-3H3,(H,9,11). The lowest BCUT2D eigenvalue weighted by atomic mass is 10.1. The molecule has 0 bridgehead atoms. The van der Waals surface area contributed by atoms with Gasteiger partial charge in [0.25, 0.3) is 0 Å². The number of nitrogens with one attached hydrogen (secondary N) is 2. The second-order valence-corrected chi connectivity index (χ2v) is 3.68. The fourth-order valence-electron chi connectivity index (χ4n) is 1.11. The maximum atomic E-state index is 11.2. The summed E-state index contributed by atoms with van der Waals surface area (Å²) in [5, 5.41) is 0. The summed E-state index contributed by atoms with van der Waals surface area (Å²) in [6.45, 7) is 7.66. The molecule has 0 spiro atoms. The van der Waals surface area contributed by atoms with E-state index in [-0.39, 0.29) is 11.6 Å². The van der Waals surface area contributed by atoms with Crippen molar-refractivity contribution in [1.82, 2.24) is 15.8 Å². The second-order valence-electron chi connectivity index (χ2n) is 3.68. The normalized spacial score (nSPS) is 19.9. The number of urea groups is 1. The van der Waals surface area contributed by atoms with Crippen LogP contribution in [0.5, 0.6) is 0 Å². The summed E-state index contributed by atoms with van der Waals surface area (Å²) in [5.41, 5.74) is 5.29. The molecule has 0 saturated carbocycles. The molecular weight excluding hydrogens is 142 g/mol. The lowest BCUT2D eigenvalue weighted by Crippen LogP contribution is -2.60. The van der Waals surface area contributed by atoms with Crippen molar-refractivity contribution in [2.24, 2.45) is 0 Å². The molecule has 11 heavy (non-hydrogen) atoms. The van der Waals surface area contributed by atoms with Crippen LogP contribution in [0.2, 0.25) is 0 Å². The van der Waals surface area contributed by atoms with Gasteiger partial charge >= 0.3 is 6.03 Å². The van der Waals surface area contributed by atoms with Crippen molar-refractivity contribution in [2.75, 3.05) is 13.1 Å². The van der Waals surface area contributed by atoms with Crippen molar-refractivity contribution < 1.29 is 4.79 Å². The molecule has 0 aromatic heterocycles. The summed E-state index contributed by atoms with van der Waals surface area (Å²) in [4.78, 5) is 13.0. The lowest BCUT2D eigenvalue weighted by Gasteiger charge is -2.38. The van der Waals surface area contributed by atoms with Gasteiger partial charge in [0.1, 0.15) is 0 Å². The number of hydrazine groups is 1. The summed E-state index contributed by atoms with van der Waals surface area (Å²) < 4.78 is 0. The Bertz CT molecular complexity index is 162. The minimum absolute atomic E-state index is 0.0382. The third-order valence-corrected chi connectivity index (χ3v) is 1.71. The molecule has 2 amide bonds. The van der Waals surface area contributed by atoms with Gasteiger partial charge in [-0.3, -0.25) is 5.43 Å². The van der Waals surface area contributed by atoms with E-state index in [1.54, 1.807) is 0 Å². The Morgan fingerprint density at radius 1 is 1.45 bits per heavy atom. The van der Waals surface area contributed by atoms with E-state index in [2.05, 4.69) is 10.9 Å². The number of amides is 2. The Kier molecular flexibility index (Phi) is 2.04. The smallest absolute Gasteiger partial charge is 0.318 e. The van der Waals surface area contributed by atoms with E-state index in [1.165, 1.54) is 0 Å². The number of carbonyl (C=O) groups is 1. The first-order valence-electron chi connectivity index (χ1n) is 3.82. The maximum absolute atomic E-state index is 11.2. The minimum atomic E-state index is -0.0772. The van der Waals surface area contributed by atoms with Crippen molar-refractivity contribution in [3.05, 3.63) is 0 Å². The minimum Gasteiger partial charge on any atom is -0.318 e. The van der Waals surface area contributed by atoms with Crippen LogP contribution < -0.4 is 10.9 Å². The number of rotatable bonds is 0. The SMILES string of the molecule is CC(C)(C)N1CCNNC1=O. The van der Waals surface area contributed by atoms with E-state index in [1.807, 2.05) is 25.7 Å². The number of hydrogen-bond acceptors (Lipinski definition) is 2. The Labute approximate surface area is 66.9 Å². The molecular formula is C7H15N3O. The van der Waals surface area contributed by atoms with Gasteiger partial charge in [-0.15, -0.1) is 0 Å². The van der Waals surface area contributed by atoms with Gasteiger partial charge in [0, 0.05) is 18.6 Å². The van der Waals surface area contributed by atoms with Crippen LogP contribution >= 0.6 is 0 Å². The van der Waals surface area contributed by atoms with Gasteiger partial charge in [0.2, 0.25) is 0 Å². The average molecular weight is 157 g/mol. The molecule has 1 saturated heterocycles. The molecule has 1 heterocycles. The molecule has 2 N–H and O–H groups in total. The van der Waals surface area contributed by atoms with Gasteiger partial charge in [-0.25, -0.2) is 10.2 Å². The summed E-state index contributed by atoms with van der Waals surface area (Å²) in [6, 6.07) is -0.0382. The Morgan fingerprint density at radius 2 is 2.09 bits per heavy atom. The Morgan fingerprint density at radius 3 is 2.45 bits per heavy atom.